The molecule has 0 saturated heterocycles. The Hall–Kier alpha value is -1.27. The lowest BCUT2D eigenvalue weighted by molar-refractivity contribution is -0.169. The number of carboxylic acid groups (broad SMARTS) is 1. The molecule has 0 spiro atoms. The molecule has 7 heteroatoms. The van der Waals surface area contributed by atoms with E-state index < -0.39 is 42.3 Å². The van der Waals surface area contributed by atoms with Crippen molar-refractivity contribution in [2.75, 3.05) is 6.61 Å². The summed E-state index contributed by atoms with van der Waals surface area (Å²) >= 11 is 0. The summed E-state index contributed by atoms with van der Waals surface area (Å²) in [6, 6.07) is 0. The molecule has 0 rings (SSSR count). The van der Waals surface area contributed by atoms with Crippen molar-refractivity contribution < 1.29 is 32.6 Å². The Bertz CT molecular complexity index is 322. The number of carbonyl (C=O) groups is 2. The molecule has 0 aliphatic heterocycles. The van der Waals surface area contributed by atoms with Crippen LogP contribution in [0, 0.1) is 11.3 Å². The predicted molar refractivity (Wildman–Crippen MR) is 61.7 cm³/mol. The van der Waals surface area contributed by atoms with E-state index in [0.29, 0.717) is 0 Å². The van der Waals surface area contributed by atoms with Crippen LogP contribution in [0.4, 0.5) is 13.2 Å². The summed E-state index contributed by atoms with van der Waals surface area (Å²) < 4.78 is 42.7. The third kappa shape index (κ3) is 4.11. The normalized spacial score (nSPS) is 17.6. The van der Waals surface area contributed by atoms with Crippen molar-refractivity contribution in [1.29, 1.82) is 0 Å². The largest absolute Gasteiger partial charge is 0.481 e. The first-order valence-corrected chi connectivity index (χ1v) is 6.05. The van der Waals surface area contributed by atoms with Gasteiger partial charge in [-0.15, -0.1) is 0 Å². The molecule has 0 aromatic rings. The summed E-state index contributed by atoms with van der Waals surface area (Å²) in [6.45, 7) is 4.12. The second-order valence-electron chi connectivity index (χ2n) is 4.34. The number of hydrogen-bond donors (Lipinski definition) is 1. The van der Waals surface area contributed by atoms with Crippen LogP contribution in [-0.4, -0.2) is 36.2 Å². The minimum absolute atomic E-state index is 0.0292. The Morgan fingerprint density at radius 3 is 2.11 bits per heavy atom. The fraction of sp³-hybridized carbons (Fsp3) is 0.833. The number of rotatable bonds is 8. The van der Waals surface area contributed by atoms with Crippen LogP contribution in [-0.2, 0) is 14.3 Å². The van der Waals surface area contributed by atoms with E-state index in [4.69, 9.17) is 9.84 Å². The number of carboxylic acids is 1. The Morgan fingerprint density at radius 2 is 1.79 bits per heavy atom. The van der Waals surface area contributed by atoms with E-state index in [-0.39, 0.29) is 13.0 Å². The molecule has 112 valence electrons. The molecule has 0 fully saturated rings. The average Bonchev–Trinajstić information content (AvgIpc) is 2.34. The van der Waals surface area contributed by atoms with E-state index in [1.54, 1.807) is 0 Å². The Morgan fingerprint density at radius 1 is 1.26 bits per heavy atom. The van der Waals surface area contributed by atoms with Crippen molar-refractivity contribution in [3.05, 3.63) is 0 Å². The average molecular weight is 284 g/mol. The molecule has 0 bridgehead atoms. The van der Waals surface area contributed by atoms with Crippen LogP contribution >= 0.6 is 0 Å². The molecule has 0 aliphatic rings. The SMILES string of the molecule is CCOC(=O)C(CC)(CC(F)C(F)F)C(C)C(=O)O. The molecule has 0 amide bonds. The van der Waals surface area contributed by atoms with Crippen molar-refractivity contribution >= 4 is 11.9 Å². The van der Waals surface area contributed by atoms with Gasteiger partial charge in [0.05, 0.1) is 17.9 Å². The summed E-state index contributed by atoms with van der Waals surface area (Å²) in [5.74, 6) is -3.61. The predicted octanol–water partition coefficient (Wildman–Crippen LogP) is 2.66. The maximum absolute atomic E-state index is 13.3. The van der Waals surface area contributed by atoms with E-state index in [9.17, 15) is 22.8 Å². The molecule has 0 saturated carbocycles. The molecule has 0 aromatic carbocycles. The van der Waals surface area contributed by atoms with Crippen LogP contribution in [0.5, 0.6) is 0 Å². The topological polar surface area (TPSA) is 63.6 Å². The van der Waals surface area contributed by atoms with Gasteiger partial charge in [0.25, 0.3) is 6.43 Å². The summed E-state index contributed by atoms with van der Waals surface area (Å²) in [5.41, 5.74) is -1.78. The highest BCUT2D eigenvalue weighted by molar-refractivity contribution is 5.84. The monoisotopic (exact) mass is 284 g/mol. The number of aliphatic carboxylic acids is 1. The smallest absolute Gasteiger partial charge is 0.313 e. The number of carbonyl (C=O) groups excluding carboxylic acids is 1. The maximum atomic E-state index is 13.3. The molecule has 3 unspecified atom stereocenters. The Kier molecular flexibility index (Phi) is 6.86. The molecular formula is C12H19F3O4. The van der Waals surface area contributed by atoms with Crippen LogP contribution in [0.2, 0.25) is 0 Å². The summed E-state index contributed by atoms with van der Waals surface area (Å²) in [7, 11) is 0. The highest BCUT2D eigenvalue weighted by Gasteiger charge is 2.49. The van der Waals surface area contributed by atoms with Gasteiger partial charge in [0, 0.05) is 6.42 Å². The van der Waals surface area contributed by atoms with Crippen molar-refractivity contribution in [3.63, 3.8) is 0 Å². The zero-order chi connectivity index (χ0) is 15.2. The summed E-state index contributed by atoms with van der Waals surface area (Å²) in [6.07, 6.45) is -6.78. The van der Waals surface area contributed by atoms with Gasteiger partial charge in [-0.25, -0.2) is 13.2 Å². The first kappa shape index (κ1) is 17.7. The Labute approximate surface area is 109 Å². The lowest BCUT2D eigenvalue weighted by atomic mass is 9.70. The third-order valence-electron chi connectivity index (χ3n) is 3.34. The van der Waals surface area contributed by atoms with Crippen LogP contribution in [0.25, 0.3) is 0 Å². The van der Waals surface area contributed by atoms with Gasteiger partial charge < -0.3 is 9.84 Å². The zero-order valence-corrected chi connectivity index (χ0v) is 11.2. The number of esters is 1. The molecule has 4 nitrogen and oxygen atoms in total. The van der Waals surface area contributed by atoms with Crippen LogP contribution < -0.4 is 0 Å². The van der Waals surface area contributed by atoms with Gasteiger partial charge in [0.1, 0.15) is 0 Å². The van der Waals surface area contributed by atoms with E-state index in [1.807, 2.05) is 0 Å². The number of ether oxygens (including phenoxy) is 1. The second kappa shape index (κ2) is 7.35. The molecule has 0 aliphatic carbocycles. The van der Waals surface area contributed by atoms with E-state index >= 15 is 0 Å². The minimum Gasteiger partial charge on any atom is -0.481 e. The molecule has 0 heterocycles. The van der Waals surface area contributed by atoms with Gasteiger partial charge in [0.2, 0.25) is 0 Å². The van der Waals surface area contributed by atoms with E-state index in [1.165, 1.54) is 20.8 Å². The molecule has 1 N–H and O–H groups in total. The molecule has 0 radical (unpaired) electrons. The minimum atomic E-state index is -3.26. The summed E-state index contributed by atoms with van der Waals surface area (Å²) in [4.78, 5) is 23.0. The standard InChI is InChI=1S/C12H19F3O4/c1-4-12(7(3)10(16)17,11(18)19-5-2)6-8(13)9(14)15/h7-9H,4-6H2,1-3H3,(H,16,17). The third-order valence-corrected chi connectivity index (χ3v) is 3.34. The van der Waals surface area contributed by atoms with Crippen molar-refractivity contribution in [2.24, 2.45) is 11.3 Å². The molecule has 0 aromatic heterocycles. The van der Waals surface area contributed by atoms with E-state index in [2.05, 4.69) is 0 Å². The van der Waals surface area contributed by atoms with Crippen LogP contribution in [0.15, 0.2) is 0 Å². The number of alkyl halides is 3. The van der Waals surface area contributed by atoms with Crippen molar-refractivity contribution in [1.82, 2.24) is 0 Å². The van der Waals surface area contributed by atoms with Gasteiger partial charge >= 0.3 is 11.9 Å². The van der Waals surface area contributed by atoms with Gasteiger partial charge in [-0.1, -0.05) is 13.8 Å². The first-order chi connectivity index (χ1) is 8.72. The van der Waals surface area contributed by atoms with Gasteiger partial charge in [-0.2, -0.15) is 0 Å². The fourth-order valence-electron chi connectivity index (χ4n) is 1.98. The maximum Gasteiger partial charge on any atom is 0.313 e. The number of hydrogen-bond acceptors (Lipinski definition) is 3. The lowest BCUT2D eigenvalue weighted by Gasteiger charge is -2.34. The second-order valence-corrected chi connectivity index (χ2v) is 4.34. The Balaban J connectivity index is 5.40. The quantitative estimate of drug-likeness (QED) is 0.696. The molecule has 19 heavy (non-hydrogen) atoms. The van der Waals surface area contributed by atoms with Gasteiger partial charge in [0.15, 0.2) is 6.17 Å². The highest BCUT2D eigenvalue weighted by Crippen LogP contribution is 2.40. The van der Waals surface area contributed by atoms with Gasteiger partial charge in [-0.3, -0.25) is 9.59 Å². The number of halogens is 3. The summed E-state index contributed by atoms with van der Waals surface area (Å²) in [5, 5.41) is 9.00. The first-order valence-electron chi connectivity index (χ1n) is 6.05. The highest BCUT2D eigenvalue weighted by atomic mass is 19.3. The van der Waals surface area contributed by atoms with Crippen molar-refractivity contribution in [3.8, 4) is 0 Å². The van der Waals surface area contributed by atoms with Gasteiger partial charge in [-0.05, 0) is 13.3 Å². The molecule has 3 atom stereocenters. The fourth-order valence-corrected chi connectivity index (χ4v) is 1.98. The van der Waals surface area contributed by atoms with Crippen LogP contribution in [0.3, 0.4) is 0 Å². The van der Waals surface area contributed by atoms with E-state index in [0.717, 1.165) is 0 Å². The van der Waals surface area contributed by atoms with Crippen LogP contribution in [0.1, 0.15) is 33.6 Å². The zero-order valence-electron chi connectivity index (χ0n) is 11.2. The lowest BCUT2D eigenvalue weighted by Crippen LogP contribution is -2.44. The van der Waals surface area contributed by atoms with Crippen molar-refractivity contribution in [2.45, 2.75) is 46.2 Å². The molecular weight excluding hydrogens is 265 g/mol.